The number of hydrogen-bond donors (Lipinski definition) is 0. The highest BCUT2D eigenvalue weighted by molar-refractivity contribution is 6.99. The molecule has 0 fully saturated rings. The molecule has 0 heterocycles. The molecule has 0 saturated heterocycles. The van der Waals surface area contributed by atoms with E-state index < -0.39 is 8.32 Å². The van der Waals surface area contributed by atoms with E-state index in [9.17, 15) is 4.79 Å². The van der Waals surface area contributed by atoms with Crippen molar-refractivity contribution in [1.82, 2.24) is 0 Å². The highest BCUT2D eigenvalue weighted by Gasteiger charge is 2.49. The summed E-state index contributed by atoms with van der Waals surface area (Å²) in [4.78, 5) is 11.5. The third kappa shape index (κ3) is 5.18. The molecule has 3 nitrogen and oxygen atoms in total. The number of benzene rings is 2. The normalized spacial score (nSPS) is 12.3. The fourth-order valence-electron chi connectivity index (χ4n) is 3.41. The second-order valence-corrected chi connectivity index (χ2v) is 11.8. The predicted octanol–water partition coefficient (Wildman–Crippen LogP) is 4.07. The van der Waals surface area contributed by atoms with Crippen molar-refractivity contribution >= 4 is 24.7 Å². The monoisotopic (exact) mass is 382 g/mol. The average molecular weight is 383 g/mol. The summed E-state index contributed by atoms with van der Waals surface area (Å²) in [6.45, 7) is 9.53. The molecule has 0 amide bonds. The Balaban J connectivity index is 2.31. The first-order valence-electron chi connectivity index (χ1n) is 9.50. The Morgan fingerprint density at radius 2 is 1.48 bits per heavy atom. The van der Waals surface area contributed by atoms with E-state index in [4.69, 9.17) is 9.16 Å². The molecule has 2 aromatic rings. The molecule has 0 saturated carbocycles. The van der Waals surface area contributed by atoms with Crippen molar-refractivity contribution in [2.45, 2.75) is 39.2 Å². The molecular formula is C23H30O3Si. The fraction of sp³-hybridized carbons (Fsp3) is 0.348. The molecule has 0 N–H and O–H groups in total. The Labute approximate surface area is 164 Å². The van der Waals surface area contributed by atoms with Crippen LogP contribution in [0.25, 0.3) is 0 Å². The van der Waals surface area contributed by atoms with Crippen LogP contribution in [0, 0.1) is 0 Å². The molecule has 144 valence electrons. The molecule has 0 aliphatic rings. The highest BCUT2D eigenvalue weighted by Crippen LogP contribution is 2.36. The van der Waals surface area contributed by atoms with Crippen molar-refractivity contribution in [3.63, 3.8) is 0 Å². The van der Waals surface area contributed by atoms with Crippen molar-refractivity contribution < 1.29 is 14.0 Å². The maximum Gasteiger partial charge on any atom is 0.330 e. The first kappa shape index (κ1) is 21.1. The van der Waals surface area contributed by atoms with Crippen LogP contribution in [-0.2, 0) is 14.0 Å². The summed E-state index contributed by atoms with van der Waals surface area (Å²) in [5.41, 5.74) is 0. The van der Waals surface area contributed by atoms with Crippen LogP contribution >= 0.6 is 0 Å². The van der Waals surface area contributed by atoms with E-state index in [-0.39, 0.29) is 11.0 Å². The third-order valence-corrected chi connectivity index (χ3v) is 9.60. The van der Waals surface area contributed by atoms with Gasteiger partial charge in [0.15, 0.2) is 0 Å². The molecule has 0 unspecified atom stereocenters. The Bertz CT molecular complexity index is 694. The van der Waals surface area contributed by atoms with Crippen LogP contribution in [0.15, 0.2) is 72.8 Å². The number of rotatable bonds is 8. The van der Waals surface area contributed by atoms with Gasteiger partial charge in [0.05, 0.1) is 6.61 Å². The summed E-state index contributed by atoms with van der Waals surface area (Å²) in [6.07, 6.45) is 3.98. The number of ether oxygens (including phenoxy) is 1. The topological polar surface area (TPSA) is 35.5 Å². The van der Waals surface area contributed by atoms with Gasteiger partial charge in [-0.05, 0) is 28.8 Å². The summed E-state index contributed by atoms with van der Waals surface area (Å²) >= 11 is 0. The Morgan fingerprint density at radius 3 is 1.93 bits per heavy atom. The molecule has 0 atom stereocenters. The van der Waals surface area contributed by atoms with Crippen LogP contribution in [0.1, 0.15) is 34.1 Å². The molecule has 4 heteroatoms. The van der Waals surface area contributed by atoms with Crippen LogP contribution in [-0.4, -0.2) is 27.5 Å². The predicted molar refractivity (Wildman–Crippen MR) is 114 cm³/mol. The maximum atomic E-state index is 11.5. The summed E-state index contributed by atoms with van der Waals surface area (Å²) in [5.74, 6) is -0.303. The lowest BCUT2D eigenvalue weighted by Gasteiger charge is -2.43. The molecule has 27 heavy (non-hydrogen) atoms. The van der Waals surface area contributed by atoms with Gasteiger partial charge in [0, 0.05) is 12.7 Å². The maximum absolute atomic E-state index is 11.5. The zero-order valence-electron chi connectivity index (χ0n) is 16.8. The van der Waals surface area contributed by atoms with Crippen molar-refractivity contribution in [2.75, 3.05) is 13.2 Å². The second-order valence-electron chi connectivity index (χ2n) is 7.45. The largest absolute Gasteiger partial charge is 0.463 e. The lowest BCUT2D eigenvalue weighted by Crippen LogP contribution is -2.66. The van der Waals surface area contributed by atoms with E-state index in [2.05, 4.69) is 69.3 Å². The van der Waals surface area contributed by atoms with Gasteiger partial charge in [-0.1, -0.05) is 87.5 Å². The van der Waals surface area contributed by atoms with Crippen molar-refractivity contribution in [3.8, 4) is 0 Å². The van der Waals surface area contributed by atoms with Gasteiger partial charge in [0.2, 0.25) is 0 Å². The standard InChI is InChI=1S/C23H30O3Si/c1-5-25-22(24)18-12-13-19-26-27(23(2,3)4,20-14-8-6-9-15-20)21-16-10-7-11-17-21/h6-12,14-18H,5,13,19H2,1-4H3/b18-12+. The van der Waals surface area contributed by atoms with Crippen LogP contribution in [0.3, 0.4) is 0 Å². The molecular weight excluding hydrogens is 352 g/mol. The van der Waals surface area contributed by atoms with E-state index >= 15 is 0 Å². The summed E-state index contributed by atoms with van der Waals surface area (Å²) in [5, 5.41) is 2.48. The first-order chi connectivity index (χ1) is 12.9. The van der Waals surface area contributed by atoms with Gasteiger partial charge in [-0.25, -0.2) is 4.79 Å². The Hall–Kier alpha value is -2.17. The minimum absolute atomic E-state index is 0.0411. The quantitative estimate of drug-likeness (QED) is 0.299. The molecule has 0 spiro atoms. The number of carbonyl (C=O) groups excluding carboxylic acids is 1. The molecule has 0 aliphatic heterocycles. The van der Waals surface area contributed by atoms with Crippen molar-refractivity contribution in [3.05, 3.63) is 72.8 Å². The van der Waals surface area contributed by atoms with Gasteiger partial charge >= 0.3 is 5.97 Å². The van der Waals surface area contributed by atoms with Gasteiger partial charge in [-0.2, -0.15) is 0 Å². The highest BCUT2D eigenvalue weighted by atomic mass is 28.4. The minimum atomic E-state index is -2.49. The Kier molecular flexibility index (Phi) is 7.57. The lowest BCUT2D eigenvalue weighted by molar-refractivity contribution is -0.137. The lowest BCUT2D eigenvalue weighted by atomic mass is 10.2. The van der Waals surface area contributed by atoms with Crippen LogP contribution in [0.2, 0.25) is 5.04 Å². The summed E-state index contributed by atoms with van der Waals surface area (Å²) in [6, 6.07) is 21.1. The molecule has 0 radical (unpaired) electrons. The molecule has 2 aromatic carbocycles. The van der Waals surface area contributed by atoms with Gasteiger partial charge in [0.1, 0.15) is 0 Å². The van der Waals surface area contributed by atoms with Gasteiger partial charge in [-0.15, -0.1) is 0 Å². The van der Waals surface area contributed by atoms with Crippen molar-refractivity contribution in [1.29, 1.82) is 0 Å². The third-order valence-electron chi connectivity index (χ3n) is 4.56. The van der Waals surface area contributed by atoms with Crippen LogP contribution < -0.4 is 10.4 Å². The van der Waals surface area contributed by atoms with E-state index in [1.54, 1.807) is 6.92 Å². The van der Waals surface area contributed by atoms with Gasteiger partial charge in [-0.3, -0.25) is 0 Å². The van der Waals surface area contributed by atoms with E-state index in [0.29, 0.717) is 19.6 Å². The summed E-state index contributed by atoms with van der Waals surface area (Å²) in [7, 11) is -2.49. The summed E-state index contributed by atoms with van der Waals surface area (Å²) < 4.78 is 11.7. The van der Waals surface area contributed by atoms with E-state index in [0.717, 1.165) is 0 Å². The zero-order valence-corrected chi connectivity index (χ0v) is 17.8. The second kappa shape index (κ2) is 9.67. The van der Waals surface area contributed by atoms with Crippen LogP contribution in [0.4, 0.5) is 0 Å². The minimum Gasteiger partial charge on any atom is -0.463 e. The fourth-order valence-corrected chi connectivity index (χ4v) is 7.99. The van der Waals surface area contributed by atoms with Gasteiger partial charge in [0.25, 0.3) is 8.32 Å². The Morgan fingerprint density at radius 1 is 0.963 bits per heavy atom. The number of hydrogen-bond acceptors (Lipinski definition) is 3. The van der Waals surface area contributed by atoms with E-state index in [1.807, 2.05) is 18.2 Å². The van der Waals surface area contributed by atoms with Gasteiger partial charge < -0.3 is 9.16 Å². The average Bonchev–Trinajstić information content (AvgIpc) is 2.65. The van der Waals surface area contributed by atoms with Crippen molar-refractivity contribution in [2.24, 2.45) is 0 Å². The van der Waals surface area contributed by atoms with E-state index in [1.165, 1.54) is 16.4 Å². The molecule has 0 aromatic heterocycles. The molecule has 0 aliphatic carbocycles. The number of carbonyl (C=O) groups is 1. The SMILES string of the molecule is CCOC(=O)/C=C/CCO[Si](c1ccccc1)(c1ccccc1)C(C)(C)C. The van der Waals surface area contributed by atoms with Crippen LogP contribution in [0.5, 0.6) is 0 Å². The first-order valence-corrected chi connectivity index (χ1v) is 11.4. The molecule has 2 rings (SSSR count). The molecule has 0 bridgehead atoms. The zero-order chi connectivity index (χ0) is 19.8. The number of esters is 1. The smallest absolute Gasteiger partial charge is 0.330 e.